The molecule has 1 N–H and O–H groups in total. The molecule has 18 heavy (non-hydrogen) atoms. The van der Waals surface area contributed by atoms with Crippen LogP contribution in [0.3, 0.4) is 0 Å². The van der Waals surface area contributed by atoms with Gasteiger partial charge in [0.25, 0.3) is 0 Å². The molecule has 2 aromatic rings. The quantitative estimate of drug-likeness (QED) is 0.827. The van der Waals surface area contributed by atoms with Gasteiger partial charge in [0, 0.05) is 6.20 Å². The zero-order chi connectivity index (χ0) is 12.5. The Labute approximate surface area is 119 Å². The Morgan fingerprint density at radius 2 is 2.17 bits per heavy atom. The van der Waals surface area contributed by atoms with Crippen molar-refractivity contribution in [2.24, 2.45) is 0 Å². The van der Waals surface area contributed by atoms with E-state index in [4.69, 9.17) is 0 Å². The summed E-state index contributed by atoms with van der Waals surface area (Å²) in [5.74, 6) is -0.181. The summed E-state index contributed by atoms with van der Waals surface area (Å²) in [7, 11) is 0. The van der Waals surface area contributed by atoms with E-state index >= 15 is 0 Å². The second-order valence-electron chi connectivity index (χ2n) is 4.38. The molecule has 0 aliphatic heterocycles. The van der Waals surface area contributed by atoms with Crippen LogP contribution < -0.4 is 5.32 Å². The van der Waals surface area contributed by atoms with Gasteiger partial charge in [0.05, 0.1) is 21.0 Å². The largest absolute Gasteiger partial charge is 0.376 e. The van der Waals surface area contributed by atoms with E-state index in [2.05, 4.69) is 16.4 Å². The Bertz CT molecular complexity index is 586. The number of hydrogen-bond donors (Lipinski definition) is 1. The minimum absolute atomic E-state index is 0.181. The SMILES string of the molecule is Fc1cccc(NC2CCc3cccnc32)c1I. The summed E-state index contributed by atoms with van der Waals surface area (Å²) in [6.07, 6.45) is 3.86. The van der Waals surface area contributed by atoms with Crippen LogP contribution in [0.2, 0.25) is 0 Å². The Hall–Kier alpha value is -1.17. The lowest BCUT2D eigenvalue weighted by atomic mass is 10.2. The molecule has 92 valence electrons. The predicted molar refractivity (Wildman–Crippen MR) is 78.0 cm³/mol. The second-order valence-corrected chi connectivity index (χ2v) is 5.46. The molecular formula is C14H12FIN2. The third kappa shape index (κ3) is 2.09. The van der Waals surface area contributed by atoms with E-state index in [1.807, 2.05) is 40.9 Å². The number of hydrogen-bond acceptors (Lipinski definition) is 2. The number of pyridine rings is 1. The number of aromatic nitrogens is 1. The van der Waals surface area contributed by atoms with Crippen LogP contribution in [0, 0.1) is 9.39 Å². The van der Waals surface area contributed by atoms with Crippen LogP contribution in [0.1, 0.15) is 23.7 Å². The van der Waals surface area contributed by atoms with E-state index < -0.39 is 0 Å². The zero-order valence-corrected chi connectivity index (χ0v) is 11.8. The van der Waals surface area contributed by atoms with Crippen molar-refractivity contribution in [2.75, 3.05) is 5.32 Å². The number of anilines is 1. The van der Waals surface area contributed by atoms with Crippen LogP contribution >= 0.6 is 22.6 Å². The third-order valence-electron chi connectivity index (χ3n) is 3.24. The summed E-state index contributed by atoms with van der Waals surface area (Å²) >= 11 is 2.03. The van der Waals surface area contributed by atoms with Crippen molar-refractivity contribution in [2.45, 2.75) is 18.9 Å². The molecule has 1 aromatic carbocycles. The number of fused-ring (bicyclic) bond motifs is 1. The van der Waals surface area contributed by atoms with E-state index in [1.165, 1.54) is 11.6 Å². The molecule has 1 aliphatic rings. The fourth-order valence-corrected chi connectivity index (χ4v) is 2.87. The van der Waals surface area contributed by atoms with Crippen molar-refractivity contribution in [3.8, 4) is 0 Å². The minimum Gasteiger partial charge on any atom is -0.376 e. The number of benzene rings is 1. The van der Waals surface area contributed by atoms with E-state index in [0.717, 1.165) is 24.2 Å². The molecule has 1 aliphatic carbocycles. The number of halogens is 2. The fourth-order valence-electron chi connectivity index (χ4n) is 2.36. The van der Waals surface area contributed by atoms with Crippen molar-refractivity contribution in [1.82, 2.24) is 4.98 Å². The molecule has 3 rings (SSSR count). The first kappa shape index (κ1) is 11.9. The fraction of sp³-hybridized carbons (Fsp3) is 0.214. The summed E-state index contributed by atoms with van der Waals surface area (Å²) in [5.41, 5.74) is 3.23. The Kier molecular flexibility index (Phi) is 3.20. The molecule has 0 radical (unpaired) electrons. The molecule has 0 bridgehead atoms. The Morgan fingerprint density at radius 1 is 1.28 bits per heavy atom. The maximum absolute atomic E-state index is 13.5. The molecule has 1 unspecified atom stereocenters. The van der Waals surface area contributed by atoms with Crippen molar-refractivity contribution in [1.29, 1.82) is 0 Å². The van der Waals surface area contributed by atoms with Gasteiger partial charge in [-0.15, -0.1) is 0 Å². The minimum atomic E-state index is -0.181. The van der Waals surface area contributed by atoms with Gasteiger partial charge in [-0.1, -0.05) is 12.1 Å². The predicted octanol–water partition coefficient (Wildman–Crippen LogP) is 3.92. The van der Waals surface area contributed by atoms with E-state index in [0.29, 0.717) is 3.57 Å². The Morgan fingerprint density at radius 3 is 3.06 bits per heavy atom. The lowest BCUT2D eigenvalue weighted by Crippen LogP contribution is -2.10. The zero-order valence-electron chi connectivity index (χ0n) is 9.66. The molecule has 1 atom stereocenters. The molecule has 2 nitrogen and oxygen atoms in total. The van der Waals surface area contributed by atoms with Crippen LogP contribution in [0.15, 0.2) is 36.5 Å². The van der Waals surface area contributed by atoms with Gasteiger partial charge in [-0.3, -0.25) is 4.98 Å². The van der Waals surface area contributed by atoms with Gasteiger partial charge in [-0.2, -0.15) is 0 Å². The van der Waals surface area contributed by atoms with Gasteiger partial charge >= 0.3 is 0 Å². The highest BCUT2D eigenvalue weighted by molar-refractivity contribution is 14.1. The first-order valence-electron chi connectivity index (χ1n) is 5.90. The summed E-state index contributed by atoms with van der Waals surface area (Å²) in [6, 6.07) is 9.39. The van der Waals surface area contributed by atoms with Crippen molar-refractivity contribution in [3.63, 3.8) is 0 Å². The maximum atomic E-state index is 13.5. The van der Waals surface area contributed by atoms with Gasteiger partial charge in [0.15, 0.2) is 0 Å². The molecular weight excluding hydrogens is 342 g/mol. The maximum Gasteiger partial charge on any atom is 0.138 e. The lowest BCUT2D eigenvalue weighted by molar-refractivity contribution is 0.620. The number of rotatable bonds is 2. The van der Waals surface area contributed by atoms with Gasteiger partial charge in [0.2, 0.25) is 0 Å². The highest BCUT2D eigenvalue weighted by atomic mass is 127. The molecule has 1 heterocycles. The van der Waals surface area contributed by atoms with Crippen LogP contribution in [0.5, 0.6) is 0 Å². The monoisotopic (exact) mass is 354 g/mol. The van der Waals surface area contributed by atoms with Crippen molar-refractivity contribution >= 4 is 28.3 Å². The van der Waals surface area contributed by atoms with E-state index in [1.54, 1.807) is 6.07 Å². The number of nitrogens with zero attached hydrogens (tertiary/aromatic N) is 1. The molecule has 0 fully saturated rings. The second kappa shape index (κ2) is 4.84. The summed E-state index contributed by atoms with van der Waals surface area (Å²) in [6.45, 7) is 0. The highest BCUT2D eigenvalue weighted by Gasteiger charge is 2.24. The van der Waals surface area contributed by atoms with Crippen LogP contribution in [-0.2, 0) is 6.42 Å². The van der Waals surface area contributed by atoms with Crippen LogP contribution in [0.25, 0.3) is 0 Å². The highest BCUT2D eigenvalue weighted by Crippen LogP contribution is 2.33. The standard InChI is InChI=1S/C14H12FIN2/c15-10-4-1-5-11(13(10)16)18-12-7-6-9-3-2-8-17-14(9)12/h1-5,8,12,18H,6-7H2. The number of aryl methyl sites for hydroxylation is 1. The van der Waals surface area contributed by atoms with Gasteiger partial charge in [0.1, 0.15) is 5.82 Å². The molecule has 0 spiro atoms. The van der Waals surface area contributed by atoms with Crippen molar-refractivity contribution in [3.05, 3.63) is 57.2 Å². The topological polar surface area (TPSA) is 24.9 Å². The van der Waals surface area contributed by atoms with Gasteiger partial charge in [-0.25, -0.2) is 4.39 Å². The first-order chi connectivity index (χ1) is 8.75. The van der Waals surface area contributed by atoms with Crippen LogP contribution in [0.4, 0.5) is 10.1 Å². The summed E-state index contributed by atoms with van der Waals surface area (Å²) in [5, 5.41) is 3.40. The molecule has 0 saturated heterocycles. The average Bonchev–Trinajstić information content (AvgIpc) is 2.79. The van der Waals surface area contributed by atoms with Crippen molar-refractivity contribution < 1.29 is 4.39 Å². The van der Waals surface area contributed by atoms with Crippen LogP contribution in [-0.4, -0.2) is 4.98 Å². The average molecular weight is 354 g/mol. The first-order valence-corrected chi connectivity index (χ1v) is 6.98. The molecule has 4 heteroatoms. The van der Waals surface area contributed by atoms with E-state index in [9.17, 15) is 4.39 Å². The molecule has 0 amide bonds. The molecule has 1 aromatic heterocycles. The smallest absolute Gasteiger partial charge is 0.138 e. The summed E-state index contributed by atoms with van der Waals surface area (Å²) in [4.78, 5) is 4.43. The van der Waals surface area contributed by atoms with E-state index in [-0.39, 0.29) is 11.9 Å². The Balaban J connectivity index is 1.89. The summed E-state index contributed by atoms with van der Waals surface area (Å²) < 4.78 is 14.1. The lowest BCUT2D eigenvalue weighted by Gasteiger charge is -2.16. The molecule has 0 saturated carbocycles. The third-order valence-corrected chi connectivity index (χ3v) is 4.34. The van der Waals surface area contributed by atoms with Gasteiger partial charge < -0.3 is 5.32 Å². The normalized spacial score (nSPS) is 17.6. The van der Waals surface area contributed by atoms with Gasteiger partial charge in [-0.05, 0) is 59.2 Å². The number of nitrogens with one attached hydrogen (secondary N) is 1.